The van der Waals surface area contributed by atoms with Crippen molar-refractivity contribution in [2.45, 2.75) is 0 Å². The topological polar surface area (TPSA) is 59.6 Å². The van der Waals surface area contributed by atoms with Gasteiger partial charge in [0.1, 0.15) is 11.7 Å². The van der Waals surface area contributed by atoms with Crippen LogP contribution in [-0.2, 0) is 4.74 Å². The molecule has 0 unspecified atom stereocenters. The molecule has 1 aromatic rings. The molecule has 3 N–H and O–H groups in total. The Morgan fingerprint density at radius 1 is 1.59 bits per heavy atom. The summed E-state index contributed by atoms with van der Waals surface area (Å²) >= 11 is 5.53. The van der Waals surface area contributed by atoms with Gasteiger partial charge in [0.15, 0.2) is 0 Å². The fourth-order valence-electron chi connectivity index (χ4n) is 1.22. The van der Waals surface area contributed by atoms with Gasteiger partial charge in [0.05, 0.1) is 23.9 Å². The Balaban J connectivity index is 2.87. The van der Waals surface area contributed by atoms with E-state index >= 15 is 0 Å². The molecule has 94 valence electrons. The Morgan fingerprint density at radius 3 is 3.00 bits per heavy atom. The fraction of sp³-hybridized carbons (Fsp3) is 0.364. The predicted molar refractivity (Wildman–Crippen MR) is 68.8 cm³/mol. The van der Waals surface area contributed by atoms with Crippen molar-refractivity contribution in [3.8, 4) is 0 Å². The van der Waals surface area contributed by atoms with Crippen molar-refractivity contribution in [2.24, 2.45) is 10.7 Å². The zero-order valence-electron chi connectivity index (χ0n) is 9.54. The average Bonchev–Trinajstić information content (AvgIpc) is 2.32. The lowest BCUT2D eigenvalue weighted by Gasteiger charge is -2.09. The van der Waals surface area contributed by atoms with Crippen molar-refractivity contribution in [1.82, 2.24) is 0 Å². The summed E-state index contributed by atoms with van der Waals surface area (Å²) in [5, 5.41) is 3.07. The van der Waals surface area contributed by atoms with Crippen molar-refractivity contribution in [1.29, 1.82) is 0 Å². The van der Waals surface area contributed by atoms with Crippen LogP contribution in [0.15, 0.2) is 23.2 Å². The second-order valence-corrected chi connectivity index (χ2v) is 3.59. The molecule has 17 heavy (non-hydrogen) atoms. The maximum Gasteiger partial charge on any atom is 0.125 e. The molecule has 1 aromatic carbocycles. The van der Waals surface area contributed by atoms with E-state index < -0.39 is 0 Å². The molecule has 4 nitrogen and oxygen atoms in total. The van der Waals surface area contributed by atoms with Crippen LogP contribution in [0.5, 0.6) is 0 Å². The van der Waals surface area contributed by atoms with E-state index in [1.165, 1.54) is 12.1 Å². The molecule has 0 heterocycles. The van der Waals surface area contributed by atoms with Gasteiger partial charge >= 0.3 is 0 Å². The summed E-state index contributed by atoms with van der Waals surface area (Å²) in [5.41, 5.74) is 6.64. The Labute approximate surface area is 105 Å². The van der Waals surface area contributed by atoms with E-state index in [2.05, 4.69) is 10.3 Å². The van der Waals surface area contributed by atoms with Crippen molar-refractivity contribution in [2.75, 3.05) is 31.5 Å². The number of aliphatic imine (C=N–C) groups is 1. The minimum absolute atomic E-state index is 0.105. The number of methoxy groups -OCH3 is 1. The summed E-state index contributed by atoms with van der Waals surface area (Å²) in [7, 11) is 1.61. The lowest BCUT2D eigenvalue weighted by atomic mass is 10.2. The largest absolute Gasteiger partial charge is 0.386 e. The Morgan fingerprint density at radius 2 is 2.35 bits per heavy atom. The van der Waals surface area contributed by atoms with Gasteiger partial charge in [0.2, 0.25) is 0 Å². The molecule has 6 heteroatoms. The fourth-order valence-corrected chi connectivity index (χ4v) is 1.28. The Hall–Kier alpha value is -1.33. The second-order valence-electron chi connectivity index (χ2n) is 3.32. The molecule has 0 fully saturated rings. The van der Waals surface area contributed by atoms with Crippen molar-refractivity contribution in [3.63, 3.8) is 0 Å². The third-order valence-electron chi connectivity index (χ3n) is 1.98. The van der Waals surface area contributed by atoms with E-state index in [1.807, 2.05) is 0 Å². The zero-order valence-corrected chi connectivity index (χ0v) is 10.3. The van der Waals surface area contributed by atoms with Gasteiger partial charge in [-0.25, -0.2) is 9.38 Å². The number of halogens is 2. The molecule has 1 rings (SSSR count). The zero-order chi connectivity index (χ0) is 12.7. The summed E-state index contributed by atoms with van der Waals surface area (Å²) in [5.74, 6) is -0.0240. The molecular weight excluding hydrogens is 245 g/mol. The van der Waals surface area contributed by atoms with Gasteiger partial charge in [-0.15, -0.1) is 11.6 Å². The smallest absolute Gasteiger partial charge is 0.125 e. The number of amidine groups is 1. The van der Waals surface area contributed by atoms with Crippen LogP contribution in [0.2, 0.25) is 0 Å². The van der Waals surface area contributed by atoms with Gasteiger partial charge in [-0.2, -0.15) is 0 Å². The lowest BCUT2D eigenvalue weighted by Crippen LogP contribution is -2.13. The predicted octanol–water partition coefficient (Wildman–Crippen LogP) is 2.11. The highest BCUT2D eigenvalue weighted by atomic mass is 35.5. The second kappa shape index (κ2) is 7.09. The van der Waals surface area contributed by atoms with Crippen molar-refractivity contribution < 1.29 is 9.13 Å². The number of hydrogen-bond acceptors (Lipinski definition) is 3. The maximum absolute atomic E-state index is 13.1. The molecule has 0 aliphatic rings. The maximum atomic E-state index is 13.1. The van der Waals surface area contributed by atoms with Gasteiger partial charge in [-0.3, -0.25) is 0 Å². The average molecular weight is 260 g/mol. The Bertz CT molecular complexity index is 398. The first-order valence-electron chi connectivity index (χ1n) is 5.08. The molecule has 0 atom stereocenters. The van der Waals surface area contributed by atoms with Crippen LogP contribution >= 0.6 is 11.6 Å². The number of nitrogens with zero attached hydrogens (tertiary/aromatic N) is 1. The standard InChI is InChI=1S/C11H15ClFN3O/c1-17-5-4-15-9-3-2-8(13)6-10(9)16-11(14)7-12/h2-3,6,15H,4-5,7H2,1H3,(H2,14,16). The van der Waals surface area contributed by atoms with E-state index in [9.17, 15) is 4.39 Å². The monoisotopic (exact) mass is 259 g/mol. The van der Waals surface area contributed by atoms with Gasteiger partial charge in [-0.1, -0.05) is 0 Å². The normalized spacial score (nSPS) is 11.6. The minimum Gasteiger partial charge on any atom is -0.386 e. The first-order chi connectivity index (χ1) is 8.17. The van der Waals surface area contributed by atoms with E-state index in [0.29, 0.717) is 24.5 Å². The van der Waals surface area contributed by atoms with Crippen LogP contribution in [0.1, 0.15) is 0 Å². The number of nitrogens with one attached hydrogen (secondary N) is 1. The number of anilines is 1. The molecule has 0 saturated heterocycles. The molecule has 0 radical (unpaired) electrons. The van der Waals surface area contributed by atoms with Crippen LogP contribution < -0.4 is 11.1 Å². The van der Waals surface area contributed by atoms with Gasteiger partial charge in [-0.05, 0) is 12.1 Å². The number of alkyl halides is 1. The number of ether oxygens (including phenoxy) is 1. The number of nitrogens with two attached hydrogens (primary N) is 1. The molecule has 0 spiro atoms. The number of rotatable bonds is 6. The quantitative estimate of drug-likeness (QED) is 0.356. The van der Waals surface area contributed by atoms with Crippen LogP contribution in [-0.4, -0.2) is 32.0 Å². The van der Waals surface area contributed by atoms with E-state index in [4.69, 9.17) is 22.1 Å². The molecule has 0 aliphatic carbocycles. The number of hydrogen-bond donors (Lipinski definition) is 2. The van der Waals surface area contributed by atoms with Crippen LogP contribution in [0.25, 0.3) is 0 Å². The van der Waals surface area contributed by atoms with E-state index in [-0.39, 0.29) is 17.5 Å². The highest BCUT2D eigenvalue weighted by Gasteiger charge is 2.03. The van der Waals surface area contributed by atoms with Crippen molar-refractivity contribution >= 4 is 28.8 Å². The molecule has 0 aromatic heterocycles. The van der Waals surface area contributed by atoms with E-state index in [0.717, 1.165) is 0 Å². The highest BCUT2D eigenvalue weighted by molar-refractivity contribution is 6.28. The highest BCUT2D eigenvalue weighted by Crippen LogP contribution is 2.25. The molecule has 0 aliphatic heterocycles. The first-order valence-corrected chi connectivity index (χ1v) is 5.62. The van der Waals surface area contributed by atoms with Gasteiger partial charge in [0.25, 0.3) is 0 Å². The van der Waals surface area contributed by atoms with Crippen LogP contribution in [0.3, 0.4) is 0 Å². The van der Waals surface area contributed by atoms with Gasteiger partial charge < -0.3 is 15.8 Å². The van der Waals surface area contributed by atoms with Gasteiger partial charge in [0, 0.05) is 19.7 Å². The summed E-state index contributed by atoms with van der Waals surface area (Å²) in [6, 6.07) is 4.25. The third kappa shape index (κ3) is 4.58. The molecular formula is C11H15ClFN3O. The van der Waals surface area contributed by atoms with Crippen LogP contribution in [0, 0.1) is 5.82 Å². The molecule has 0 bridgehead atoms. The summed E-state index contributed by atoms with van der Waals surface area (Å²) in [6.45, 7) is 1.15. The SMILES string of the molecule is COCCNc1ccc(F)cc1N=C(N)CCl. The first kappa shape index (κ1) is 13.7. The summed E-state index contributed by atoms with van der Waals surface area (Å²) in [4.78, 5) is 4.04. The number of benzene rings is 1. The minimum atomic E-state index is -0.372. The van der Waals surface area contributed by atoms with E-state index in [1.54, 1.807) is 13.2 Å². The molecule has 0 amide bonds. The molecule has 0 saturated carbocycles. The van der Waals surface area contributed by atoms with Crippen molar-refractivity contribution in [3.05, 3.63) is 24.0 Å². The Kier molecular flexibility index (Phi) is 5.72. The third-order valence-corrected chi connectivity index (χ3v) is 2.26. The summed E-state index contributed by atoms with van der Waals surface area (Å²) in [6.07, 6.45) is 0. The lowest BCUT2D eigenvalue weighted by molar-refractivity contribution is 0.211. The summed E-state index contributed by atoms with van der Waals surface area (Å²) < 4.78 is 18.0. The van der Waals surface area contributed by atoms with Crippen LogP contribution in [0.4, 0.5) is 15.8 Å².